The first kappa shape index (κ1) is 21.6. The Bertz CT molecular complexity index is 1100. The van der Waals surface area contributed by atoms with E-state index in [4.69, 9.17) is 14.2 Å². The third-order valence-corrected chi connectivity index (χ3v) is 5.61. The van der Waals surface area contributed by atoms with Gasteiger partial charge in [0, 0.05) is 37.3 Å². The van der Waals surface area contributed by atoms with Crippen molar-refractivity contribution < 1.29 is 28.8 Å². The molecule has 5 heterocycles. The Kier molecular flexibility index (Phi) is 6.07. The quantitative estimate of drug-likeness (QED) is 0.516. The first-order valence-corrected chi connectivity index (χ1v) is 10.7. The molecule has 11 heteroatoms. The molecule has 0 aliphatic carbocycles. The van der Waals surface area contributed by atoms with Crippen LogP contribution in [0.5, 0.6) is 11.8 Å². The molecular formula is C22H24FN5O5. The van der Waals surface area contributed by atoms with Crippen molar-refractivity contribution >= 4 is 5.82 Å². The fraction of sp³-hybridized carbons (Fsp3) is 0.409. The Labute approximate surface area is 189 Å². The van der Waals surface area contributed by atoms with Crippen LogP contribution in [0.3, 0.4) is 0 Å². The maximum Gasteiger partial charge on any atom is 0.320 e. The summed E-state index contributed by atoms with van der Waals surface area (Å²) in [5.74, 6) is 1.91. The van der Waals surface area contributed by atoms with Gasteiger partial charge in [-0.15, -0.1) is 0 Å². The molecule has 3 saturated heterocycles. The summed E-state index contributed by atoms with van der Waals surface area (Å²) in [5.41, 5.74) is 1.65. The number of anilines is 1. The molecule has 3 atom stereocenters. The van der Waals surface area contributed by atoms with Crippen LogP contribution in [0.2, 0.25) is 0 Å². The predicted molar refractivity (Wildman–Crippen MR) is 115 cm³/mol. The van der Waals surface area contributed by atoms with Crippen LogP contribution in [0.15, 0.2) is 42.6 Å². The number of rotatable bonds is 9. The van der Waals surface area contributed by atoms with Crippen molar-refractivity contribution in [2.45, 2.75) is 24.7 Å². The summed E-state index contributed by atoms with van der Waals surface area (Å²) in [6.45, 7) is 0.732. The Hall–Kier alpha value is -3.28. The van der Waals surface area contributed by atoms with E-state index >= 15 is 0 Å². The van der Waals surface area contributed by atoms with Crippen LogP contribution in [0, 0.1) is 0 Å². The Morgan fingerprint density at radius 3 is 2.70 bits per heavy atom. The predicted octanol–water partition coefficient (Wildman–Crippen LogP) is 1.96. The van der Waals surface area contributed by atoms with Crippen LogP contribution < -0.4 is 14.4 Å². The zero-order chi connectivity index (χ0) is 22.8. The van der Waals surface area contributed by atoms with E-state index in [1.807, 2.05) is 36.4 Å². The second-order valence-electron chi connectivity index (χ2n) is 8.01. The van der Waals surface area contributed by atoms with Gasteiger partial charge in [-0.25, -0.2) is 4.68 Å². The van der Waals surface area contributed by atoms with E-state index in [0.29, 0.717) is 11.6 Å². The Balaban J connectivity index is 1.43. The number of nitrogens with zero attached hydrogens (tertiary/aromatic N) is 5. The molecule has 0 amide bonds. The van der Waals surface area contributed by atoms with Crippen LogP contribution in [-0.2, 0) is 9.68 Å². The second kappa shape index (κ2) is 9.30. The number of morpholine rings is 1. The molecule has 10 nitrogen and oxygen atoms in total. The minimum Gasteiger partial charge on any atom is -0.497 e. The summed E-state index contributed by atoms with van der Waals surface area (Å²) in [6, 6.07) is 11.4. The molecule has 3 unspecified atom stereocenters. The number of aromatic nitrogens is 4. The van der Waals surface area contributed by atoms with E-state index in [1.165, 1.54) is 0 Å². The lowest BCUT2D eigenvalue weighted by molar-refractivity contribution is -0.161. The third-order valence-electron chi connectivity index (χ3n) is 5.61. The van der Waals surface area contributed by atoms with E-state index in [9.17, 15) is 9.63 Å². The number of piperidine rings is 1. The summed E-state index contributed by atoms with van der Waals surface area (Å²) >= 11 is 0. The first-order chi connectivity index (χ1) is 16.1. The number of benzene rings is 1. The number of hydrogen-bond acceptors (Lipinski definition) is 9. The summed E-state index contributed by atoms with van der Waals surface area (Å²) in [7, 11) is 1.62. The van der Waals surface area contributed by atoms with E-state index in [-0.39, 0.29) is 24.8 Å². The molecule has 3 aliphatic rings. The molecule has 33 heavy (non-hydrogen) atoms. The number of aliphatic hydroxyl groups is 1. The number of hydrogen-bond donors (Lipinski definition) is 1. The van der Waals surface area contributed by atoms with Gasteiger partial charge < -0.3 is 24.2 Å². The molecule has 6 rings (SSSR count). The van der Waals surface area contributed by atoms with Gasteiger partial charge in [0.2, 0.25) is 0 Å². The third kappa shape index (κ3) is 4.75. The highest BCUT2D eigenvalue weighted by atomic mass is 19.3. The second-order valence-corrected chi connectivity index (χ2v) is 8.01. The average molecular weight is 457 g/mol. The van der Waals surface area contributed by atoms with Gasteiger partial charge in [-0.1, -0.05) is 12.1 Å². The molecule has 1 N–H and O–H groups in total. The molecule has 2 aromatic heterocycles. The monoisotopic (exact) mass is 457 g/mol. The SMILES string of the molecule is COc1cccc(-c2ccn(-c3cc(N4CC5CC(C4)O5)nc(OCC(O)COF)n3)n2)c1. The van der Waals surface area contributed by atoms with Gasteiger partial charge in [0.1, 0.15) is 30.9 Å². The lowest BCUT2D eigenvalue weighted by atomic mass is 9.99. The summed E-state index contributed by atoms with van der Waals surface area (Å²) in [6.07, 6.45) is 2.09. The molecule has 3 fully saturated rings. The normalized spacial score (nSPS) is 20.3. The molecule has 2 bridgehead atoms. The molecular weight excluding hydrogens is 433 g/mol. The van der Waals surface area contributed by atoms with Gasteiger partial charge >= 0.3 is 6.01 Å². The molecule has 0 spiro atoms. The fourth-order valence-corrected chi connectivity index (χ4v) is 3.97. The number of fused-ring (bicyclic) bond motifs is 2. The number of ether oxygens (including phenoxy) is 3. The van der Waals surface area contributed by atoms with Crippen molar-refractivity contribution in [3.63, 3.8) is 0 Å². The van der Waals surface area contributed by atoms with E-state index < -0.39 is 12.7 Å². The van der Waals surface area contributed by atoms with Crippen molar-refractivity contribution in [2.24, 2.45) is 0 Å². The summed E-state index contributed by atoms with van der Waals surface area (Å²) < 4.78 is 30.2. The van der Waals surface area contributed by atoms with Crippen LogP contribution in [0.1, 0.15) is 6.42 Å². The Morgan fingerprint density at radius 2 is 1.94 bits per heavy atom. The largest absolute Gasteiger partial charge is 0.497 e. The lowest BCUT2D eigenvalue weighted by Crippen LogP contribution is -2.57. The minimum atomic E-state index is -1.15. The molecule has 0 saturated carbocycles. The molecule has 174 valence electrons. The van der Waals surface area contributed by atoms with Gasteiger partial charge in [-0.05, 0) is 22.7 Å². The maximum atomic E-state index is 12.0. The van der Waals surface area contributed by atoms with Crippen molar-refractivity contribution in [1.29, 1.82) is 0 Å². The Morgan fingerprint density at radius 1 is 1.15 bits per heavy atom. The van der Waals surface area contributed by atoms with Crippen molar-refractivity contribution in [2.75, 3.05) is 38.3 Å². The van der Waals surface area contributed by atoms with Crippen LogP contribution >= 0.6 is 0 Å². The van der Waals surface area contributed by atoms with Gasteiger partial charge in [0.05, 0.1) is 25.0 Å². The van der Waals surface area contributed by atoms with Gasteiger partial charge in [-0.2, -0.15) is 20.0 Å². The van der Waals surface area contributed by atoms with E-state index in [0.717, 1.165) is 36.5 Å². The fourth-order valence-electron chi connectivity index (χ4n) is 3.97. The number of methoxy groups -OCH3 is 1. The first-order valence-electron chi connectivity index (χ1n) is 10.7. The van der Waals surface area contributed by atoms with Crippen LogP contribution in [0.4, 0.5) is 10.3 Å². The van der Waals surface area contributed by atoms with Crippen LogP contribution in [-0.4, -0.2) is 76.6 Å². The molecule has 3 aromatic rings. The van der Waals surface area contributed by atoms with Gasteiger partial charge in [0.15, 0.2) is 5.82 Å². The molecule has 0 radical (unpaired) electrons. The zero-order valence-corrected chi connectivity index (χ0v) is 18.0. The number of halogens is 1. The highest BCUT2D eigenvalue weighted by Crippen LogP contribution is 2.32. The maximum absolute atomic E-state index is 12.0. The van der Waals surface area contributed by atoms with Gasteiger partial charge in [0.25, 0.3) is 0 Å². The highest BCUT2D eigenvalue weighted by molar-refractivity contribution is 5.61. The topological polar surface area (TPSA) is 104 Å². The lowest BCUT2D eigenvalue weighted by Gasteiger charge is -2.47. The minimum absolute atomic E-state index is 0.0546. The highest BCUT2D eigenvalue weighted by Gasteiger charge is 2.39. The van der Waals surface area contributed by atoms with E-state index in [2.05, 4.69) is 24.9 Å². The van der Waals surface area contributed by atoms with Crippen molar-refractivity contribution in [3.8, 4) is 28.8 Å². The smallest absolute Gasteiger partial charge is 0.320 e. The van der Waals surface area contributed by atoms with Crippen molar-refractivity contribution in [3.05, 3.63) is 42.6 Å². The zero-order valence-electron chi connectivity index (χ0n) is 18.0. The molecule has 1 aromatic carbocycles. The molecule has 3 aliphatic heterocycles. The average Bonchev–Trinajstić information content (AvgIpc) is 3.33. The van der Waals surface area contributed by atoms with Crippen LogP contribution in [0.25, 0.3) is 17.1 Å². The summed E-state index contributed by atoms with van der Waals surface area (Å²) in [4.78, 5) is 14.5. The summed E-state index contributed by atoms with van der Waals surface area (Å²) in [5, 5.41) is 14.4. The standard InChI is InChI=1S/C22H24FN5O5/c1-30-16-4-2-3-14(7-16)19-5-6-28(26-19)21-9-20(27-10-17-8-18(11-27)33-17)24-22(25-21)31-12-15(29)13-32-23/h2-7,9,15,17-18,29H,8,10-13H2,1H3. The number of aliphatic hydroxyl groups excluding tert-OH is 1. The van der Waals surface area contributed by atoms with Crippen molar-refractivity contribution in [1.82, 2.24) is 19.7 Å². The van der Waals surface area contributed by atoms with Gasteiger partial charge in [-0.3, -0.25) is 0 Å². The van der Waals surface area contributed by atoms with E-state index in [1.54, 1.807) is 18.0 Å².